The van der Waals surface area contributed by atoms with Crippen LogP contribution in [-0.4, -0.2) is 35.4 Å². The zero-order valence-corrected chi connectivity index (χ0v) is 15.4. The highest BCUT2D eigenvalue weighted by atomic mass is 16.5. The predicted octanol–water partition coefficient (Wildman–Crippen LogP) is 2.13. The molecular formula is C21H23N3O4. The fraction of sp³-hybridized carbons (Fsp3) is 0.286. The predicted molar refractivity (Wildman–Crippen MR) is 103 cm³/mol. The molecule has 3 N–H and O–H groups in total. The second kappa shape index (κ2) is 9.03. The third-order valence-electron chi connectivity index (χ3n) is 4.72. The molecular weight excluding hydrogens is 358 g/mol. The molecule has 1 aliphatic heterocycles. The summed E-state index contributed by atoms with van der Waals surface area (Å²) >= 11 is 0. The van der Waals surface area contributed by atoms with E-state index >= 15 is 0 Å². The Morgan fingerprint density at radius 1 is 1.07 bits per heavy atom. The molecule has 28 heavy (non-hydrogen) atoms. The highest BCUT2D eigenvalue weighted by Crippen LogP contribution is 2.23. The van der Waals surface area contributed by atoms with E-state index < -0.39 is 24.1 Å². The van der Waals surface area contributed by atoms with Crippen LogP contribution in [0.5, 0.6) is 0 Å². The SMILES string of the molecule is NC(=O)[C@H]1CCCN1C(=O)[C@H](NC(=O)OCc1ccccc1)c1ccccc1. The van der Waals surface area contributed by atoms with Crippen molar-refractivity contribution in [2.75, 3.05) is 6.54 Å². The first-order valence-corrected chi connectivity index (χ1v) is 9.18. The maximum atomic E-state index is 13.1. The first-order valence-electron chi connectivity index (χ1n) is 9.18. The second-order valence-electron chi connectivity index (χ2n) is 6.64. The van der Waals surface area contributed by atoms with Crippen molar-refractivity contribution in [3.05, 3.63) is 71.8 Å². The van der Waals surface area contributed by atoms with Crippen molar-refractivity contribution in [1.82, 2.24) is 10.2 Å². The van der Waals surface area contributed by atoms with E-state index in [2.05, 4.69) is 5.32 Å². The smallest absolute Gasteiger partial charge is 0.408 e. The van der Waals surface area contributed by atoms with Gasteiger partial charge in [-0.1, -0.05) is 60.7 Å². The lowest BCUT2D eigenvalue weighted by molar-refractivity contribution is -0.139. The summed E-state index contributed by atoms with van der Waals surface area (Å²) < 4.78 is 5.25. The van der Waals surface area contributed by atoms with Crippen LogP contribution in [0.4, 0.5) is 4.79 Å². The summed E-state index contributed by atoms with van der Waals surface area (Å²) in [7, 11) is 0. The molecule has 1 aliphatic rings. The molecule has 3 rings (SSSR count). The molecule has 0 radical (unpaired) electrons. The Balaban J connectivity index is 1.73. The lowest BCUT2D eigenvalue weighted by Crippen LogP contribution is -2.49. The summed E-state index contributed by atoms with van der Waals surface area (Å²) in [5, 5.41) is 2.64. The monoisotopic (exact) mass is 381 g/mol. The van der Waals surface area contributed by atoms with E-state index in [4.69, 9.17) is 10.5 Å². The third kappa shape index (κ3) is 4.68. The van der Waals surface area contributed by atoms with Gasteiger partial charge in [0.25, 0.3) is 5.91 Å². The molecule has 0 aliphatic carbocycles. The normalized spacial score (nSPS) is 17.0. The van der Waals surface area contributed by atoms with Crippen molar-refractivity contribution in [3.8, 4) is 0 Å². The number of carbonyl (C=O) groups is 3. The number of alkyl carbamates (subject to hydrolysis) is 1. The molecule has 0 bridgehead atoms. The Labute approximate surface area is 163 Å². The molecule has 0 saturated carbocycles. The van der Waals surface area contributed by atoms with Crippen LogP contribution in [0.2, 0.25) is 0 Å². The number of nitrogens with one attached hydrogen (secondary N) is 1. The van der Waals surface area contributed by atoms with E-state index in [1.807, 2.05) is 36.4 Å². The molecule has 1 fully saturated rings. The van der Waals surface area contributed by atoms with Crippen LogP contribution in [0.15, 0.2) is 60.7 Å². The average Bonchev–Trinajstić information content (AvgIpc) is 3.22. The Morgan fingerprint density at radius 3 is 2.36 bits per heavy atom. The molecule has 7 nitrogen and oxygen atoms in total. The van der Waals surface area contributed by atoms with Crippen molar-refractivity contribution in [2.24, 2.45) is 5.73 Å². The van der Waals surface area contributed by atoms with Gasteiger partial charge in [0.1, 0.15) is 18.7 Å². The number of nitrogens with two attached hydrogens (primary N) is 1. The van der Waals surface area contributed by atoms with Crippen molar-refractivity contribution in [1.29, 1.82) is 0 Å². The maximum absolute atomic E-state index is 13.1. The number of likely N-dealkylation sites (tertiary alicyclic amines) is 1. The number of primary amides is 1. The lowest BCUT2D eigenvalue weighted by Gasteiger charge is -2.27. The Bertz CT molecular complexity index is 826. The first-order chi connectivity index (χ1) is 13.6. The Morgan fingerprint density at radius 2 is 1.71 bits per heavy atom. The maximum Gasteiger partial charge on any atom is 0.408 e. The van der Waals surface area contributed by atoms with E-state index in [1.54, 1.807) is 24.3 Å². The zero-order chi connectivity index (χ0) is 19.9. The van der Waals surface area contributed by atoms with Crippen LogP contribution in [-0.2, 0) is 20.9 Å². The number of amides is 3. The number of carbonyl (C=O) groups excluding carboxylic acids is 3. The molecule has 2 aromatic rings. The highest BCUT2D eigenvalue weighted by molar-refractivity contribution is 5.92. The summed E-state index contributed by atoms with van der Waals surface area (Å²) in [5.41, 5.74) is 6.88. The van der Waals surface area contributed by atoms with Gasteiger partial charge in [-0.3, -0.25) is 9.59 Å². The number of hydrogen-bond donors (Lipinski definition) is 2. The molecule has 3 amide bonds. The van der Waals surface area contributed by atoms with Crippen molar-refractivity contribution < 1.29 is 19.1 Å². The summed E-state index contributed by atoms with van der Waals surface area (Å²) in [5.74, 6) is -0.909. The molecule has 2 atom stereocenters. The van der Waals surface area contributed by atoms with Gasteiger partial charge in [-0.05, 0) is 24.0 Å². The van der Waals surface area contributed by atoms with Crippen molar-refractivity contribution in [2.45, 2.75) is 31.5 Å². The van der Waals surface area contributed by atoms with E-state index in [1.165, 1.54) is 4.90 Å². The molecule has 0 spiro atoms. The minimum absolute atomic E-state index is 0.0933. The van der Waals surface area contributed by atoms with Gasteiger partial charge in [-0.15, -0.1) is 0 Å². The Hall–Kier alpha value is -3.35. The van der Waals surface area contributed by atoms with Crippen LogP contribution >= 0.6 is 0 Å². The van der Waals surface area contributed by atoms with Crippen molar-refractivity contribution in [3.63, 3.8) is 0 Å². The van der Waals surface area contributed by atoms with Gasteiger partial charge in [-0.25, -0.2) is 4.79 Å². The topological polar surface area (TPSA) is 102 Å². The third-order valence-corrected chi connectivity index (χ3v) is 4.72. The van der Waals surface area contributed by atoms with Gasteiger partial charge >= 0.3 is 6.09 Å². The van der Waals surface area contributed by atoms with Crippen LogP contribution in [0.1, 0.15) is 30.0 Å². The number of ether oxygens (including phenoxy) is 1. The molecule has 2 aromatic carbocycles. The van der Waals surface area contributed by atoms with Crippen LogP contribution in [0, 0.1) is 0 Å². The van der Waals surface area contributed by atoms with E-state index in [9.17, 15) is 14.4 Å². The minimum Gasteiger partial charge on any atom is -0.445 e. The molecule has 0 aromatic heterocycles. The van der Waals surface area contributed by atoms with E-state index in [0.29, 0.717) is 24.9 Å². The number of benzene rings is 2. The van der Waals surface area contributed by atoms with Gasteiger partial charge in [0.15, 0.2) is 0 Å². The van der Waals surface area contributed by atoms with Crippen LogP contribution in [0.25, 0.3) is 0 Å². The van der Waals surface area contributed by atoms with Gasteiger partial charge in [0.2, 0.25) is 5.91 Å². The highest BCUT2D eigenvalue weighted by Gasteiger charge is 2.37. The average molecular weight is 381 g/mol. The fourth-order valence-corrected chi connectivity index (χ4v) is 3.31. The fourth-order valence-electron chi connectivity index (χ4n) is 3.31. The largest absolute Gasteiger partial charge is 0.445 e. The van der Waals surface area contributed by atoms with Crippen LogP contribution in [0.3, 0.4) is 0 Å². The molecule has 146 valence electrons. The molecule has 1 saturated heterocycles. The second-order valence-corrected chi connectivity index (χ2v) is 6.64. The van der Waals surface area contributed by atoms with Gasteiger partial charge in [0.05, 0.1) is 0 Å². The quantitative estimate of drug-likeness (QED) is 0.800. The number of hydrogen-bond acceptors (Lipinski definition) is 4. The summed E-state index contributed by atoms with van der Waals surface area (Å²) in [6.07, 6.45) is 0.515. The summed E-state index contributed by atoms with van der Waals surface area (Å²) in [6, 6.07) is 16.5. The molecule has 0 unspecified atom stereocenters. The summed E-state index contributed by atoms with van der Waals surface area (Å²) in [4.78, 5) is 38.6. The van der Waals surface area contributed by atoms with Crippen molar-refractivity contribution >= 4 is 17.9 Å². The minimum atomic E-state index is -0.954. The lowest BCUT2D eigenvalue weighted by atomic mass is 10.1. The van der Waals surface area contributed by atoms with Gasteiger partial charge in [0, 0.05) is 6.54 Å². The molecule has 1 heterocycles. The standard InChI is InChI=1S/C21H23N3O4/c22-19(25)17-12-7-13-24(17)20(26)18(16-10-5-2-6-11-16)23-21(27)28-14-15-8-3-1-4-9-15/h1-6,8-11,17-18H,7,12-14H2,(H2,22,25)(H,23,27)/t17-,18-/m1/s1. The molecule has 7 heteroatoms. The number of nitrogens with zero attached hydrogens (tertiary/aromatic N) is 1. The van der Waals surface area contributed by atoms with Crippen LogP contribution < -0.4 is 11.1 Å². The zero-order valence-electron chi connectivity index (χ0n) is 15.4. The Kier molecular flexibility index (Phi) is 6.26. The van der Waals surface area contributed by atoms with Gasteiger partial charge in [-0.2, -0.15) is 0 Å². The first kappa shape index (κ1) is 19.4. The van der Waals surface area contributed by atoms with E-state index in [0.717, 1.165) is 5.56 Å². The number of rotatable bonds is 6. The van der Waals surface area contributed by atoms with E-state index in [-0.39, 0.29) is 12.5 Å². The summed E-state index contributed by atoms with van der Waals surface area (Å²) in [6.45, 7) is 0.520. The van der Waals surface area contributed by atoms with Gasteiger partial charge < -0.3 is 20.7 Å².